The fourth-order valence-corrected chi connectivity index (χ4v) is 9.07. The lowest BCUT2D eigenvalue weighted by atomic mass is 9.82. The van der Waals surface area contributed by atoms with Crippen molar-refractivity contribution in [3.63, 3.8) is 0 Å². The van der Waals surface area contributed by atoms with Crippen molar-refractivity contribution in [2.24, 2.45) is 0 Å². The molecule has 6 aromatic rings. The number of hydrogen-bond acceptors (Lipinski definition) is 5. The van der Waals surface area contributed by atoms with Crippen LogP contribution in [0.15, 0.2) is 72.8 Å². The predicted octanol–water partition coefficient (Wildman–Crippen LogP) is 11.0. The summed E-state index contributed by atoms with van der Waals surface area (Å²) in [4.78, 5) is 71.0. The van der Waals surface area contributed by atoms with Crippen molar-refractivity contribution < 1.29 is 24.0 Å². The zero-order chi connectivity index (χ0) is 37.5. The van der Waals surface area contributed by atoms with Gasteiger partial charge in [-0.2, -0.15) is 0 Å². The summed E-state index contributed by atoms with van der Waals surface area (Å²) in [6, 6.07) is 21.9. The molecule has 2 aliphatic heterocycles. The van der Waals surface area contributed by atoms with Gasteiger partial charge in [0.2, 0.25) is 0 Å². The van der Waals surface area contributed by atoms with E-state index in [-0.39, 0.29) is 36.2 Å². The third-order valence-electron chi connectivity index (χ3n) is 11.9. The molecule has 0 saturated carbocycles. The largest absolute Gasteiger partial charge is 0.298 e. The number of amides is 4. The van der Waals surface area contributed by atoms with E-state index < -0.39 is 0 Å². The highest BCUT2D eigenvalue weighted by molar-refractivity contribution is 6.41. The summed E-state index contributed by atoms with van der Waals surface area (Å²) in [5, 5.41) is 6.54. The minimum atomic E-state index is -0.367. The van der Waals surface area contributed by atoms with Crippen molar-refractivity contribution in [3.8, 4) is 0 Å². The molecule has 0 spiro atoms. The van der Waals surface area contributed by atoms with Gasteiger partial charge in [0.15, 0.2) is 0 Å². The van der Waals surface area contributed by atoms with E-state index in [1.807, 2.05) is 36.4 Å². The van der Waals surface area contributed by atoms with Crippen LogP contribution >= 0.6 is 0 Å². The van der Waals surface area contributed by atoms with Crippen molar-refractivity contribution in [1.82, 2.24) is 9.80 Å². The molecule has 0 aliphatic carbocycles. The van der Waals surface area contributed by atoms with Crippen molar-refractivity contribution in [2.45, 2.75) is 103 Å². The Morgan fingerprint density at radius 1 is 0.481 bits per heavy atom. The maximum Gasteiger partial charge on any atom is 0.261 e. The van der Waals surface area contributed by atoms with Gasteiger partial charge in [0.05, 0.1) is 6.54 Å². The third-order valence-corrected chi connectivity index (χ3v) is 11.9. The topological polar surface area (TPSA) is 91.8 Å². The van der Waals surface area contributed by atoms with Gasteiger partial charge in [-0.15, -0.1) is 0 Å². The van der Waals surface area contributed by atoms with E-state index in [0.717, 1.165) is 82.7 Å². The first-order valence-electron chi connectivity index (χ1n) is 19.9. The van der Waals surface area contributed by atoms with E-state index in [1.165, 1.54) is 43.4 Å². The van der Waals surface area contributed by atoms with Gasteiger partial charge in [0.25, 0.3) is 23.6 Å². The second-order valence-electron chi connectivity index (χ2n) is 15.2. The lowest BCUT2D eigenvalue weighted by molar-refractivity contribution is 0.0514. The average molecular weight is 719 g/mol. The first kappa shape index (κ1) is 35.6. The zero-order valence-electron chi connectivity index (χ0n) is 31.2. The van der Waals surface area contributed by atoms with E-state index in [1.54, 1.807) is 41.3 Å². The Morgan fingerprint density at radius 2 is 0.889 bits per heavy atom. The number of nitrogens with zero attached hydrogens (tertiary/aromatic N) is 2. The second-order valence-corrected chi connectivity index (χ2v) is 15.2. The number of unbranched alkanes of at least 4 members (excludes halogenated alkanes) is 8. The van der Waals surface area contributed by atoms with E-state index in [9.17, 15) is 24.0 Å². The highest BCUT2D eigenvalue weighted by Crippen LogP contribution is 2.46. The molecule has 2 aliphatic rings. The van der Waals surface area contributed by atoms with Crippen LogP contribution in [0.25, 0.3) is 43.1 Å². The maximum atomic E-state index is 14.5. The van der Waals surface area contributed by atoms with Crippen LogP contribution in [0, 0.1) is 0 Å². The van der Waals surface area contributed by atoms with Crippen LogP contribution in [0.3, 0.4) is 0 Å². The number of aldehydes is 1. The van der Waals surface area contributed by atoms with Crippen LogP contribution in [0.4, 0.5) is 0 Å². The van der Waals surface area contributed by atoms with Gasteiger partial charge in [0, 0.05) is 44.6 Å². The van der Waals surface area contributed by atoms with E-state index in [4.69, 9.17) is 0 Å². The molecule has 0 fully saturated rings. The summed E-state index contributed by atoms with van der Waals surface area (Å²) in [6.45, 7) is 4.51. The number of imide groups is 2. The van der Waals surface area contributed by atoms with Crippen molar-refractivity contribution in [3.05, 3.63) is 106 Å². The molecule has 54 heavy (non-hydrogen) atoms. The summed E-state index contributed by atoms with van der Waals surface area (Å²) in [5.41, 5.74) is 3.31. The SMILES string of the molecule is CCCCCCCC(CCCCCCC)N1C(=O)c2ccc3c4ccc5c6c(ccc(c7ccc(c2c37)C1=O)c64)C(=O)N(Cc1ccc(C=O)cc1)C5=O. The van der Waals surface area contributed by atoms with Gasteiger partial charge in [-0.05, 0) is 75.0 Å². The number of carbonyl (C=O) groups excluding carboxylic acids is 5. The summed E-state index contributed by atoms with van der Waals surface area (Å²) in [7, 11) is 0. The van der Waals surface area contributed by atoms with Crippen molar-refractivity contribution >= 4 is 73.0 Å². The Bertz CT molecular complexity index is 2330. The molecule has 274 valence electrons. The van der Waals surface area contributed by atoms with E-state index in [2.05, 4.69) is 13.8 Å². The molecule has 6 aromatic carbocycles. The number of carbonyl (C=O) groups is 5. The van der Waals surface area contributed by atoms with Gasteiger partial charge in [-0.3, -0.25) is 33.8 Å². The van der Waals surface area contributed by atoms with Crippen molar-refractivity contribution in [1.29, 1.82) is 0 Å². The van der Waals surface area contributed by atoms with Gasteiger partial charge in [0.1, 0.15) is 6.29 Å². The quantitative estimate of drug-likeness (QED) is 0.0327. The fourth-order valence-electron chi connectivity index (χ4n) is 9.07. The molecule has 7 heteroatoms. The Morgan fingerprint density at radius 3 is 1.30 bits per heavy atom. The molecule has 0 saturated heterocycles. The highest BCUT2D eigenvalue weighted by atomic mass is 16.2. The average Bonchev–Trinajstić information content (AvgIpc) is 3.19. The monoisotopic (exact) mass is 718 g/mol. The van der Waals surface area contributed by atoms with Gasteiger partial charge in [-0.1, -0.05) is 127 Å². The molecule has 0 bridgehead atoms. The molecular formula is C47H46N2O5. The van der Waals surface area contributed by atoms with Crippen LogP contribution < -0.4 is 0 Å². The molecule has 0 atom stereocenters. The first-order valence-corrected chi connectivity index (χ1v) is 19.9. The maximum absolute atomic E-state index is 14.5. The normalized spacial score (nSPS) is 14.3. The summed E-state index contributed by atoms with van der Waals surface area (Å²) in [6.07, 6.45) is 13.7. The van der Waals surface area contributed by atoms with Crippen LogP contribution in [-0.2, 0) is 6.54 Å². The summed E-state index contributed by atoms with van der Waals surface area (Å²) >= 11 is 0. The number of benzene rings is 6. The molecule has 0 aromatic heterocycles. The highest BCUT2D eigenvalue weighted by Gasteiger charge is 2.39. The molecule has 4 amide bonds. The number of hydrogen-bond donors (Lipinski definition) is 0. The number of rotatable bonds is 16. The fraction of sp³-hybridized carbons (Fsp3) is 0.340. The Balaban J connectivity index is 1.19. The van der Waals surface area contributed by atoms with Gasteiger partial charge in [-0.25, -0.2) is 0 Å². The number of fused-ring (bicyclic) bond motifs is 2. The Labute approximate surface area is 315 Å². The Kier molecular flexibility index (Phi) is 9.74. The van der Waals surface area contributed by atoms with Crippen LogP contribution in [-0.4, -0.2) is 45.8 Å². The molecule has 0 unspecified atom stereocenters. The van der Waals surface area contributed by atoms with Gasteiger partial charge < -0.3 is 0 Å². The molecule has 0 N–H and O–H groups in total. The lowest BCUT2D eigenvalue weighted by Crippen LogP contribution is -2.47. The van der Waals surface area contributed by atoms with Gasteiger partial charge >= 0.3 is 0 Å². The van der Waals surface area contributed by atoms with Crippen LogP contribution in [0.1, 0.15) is 148 Å². The summed E-state index contributed by atoms with van der Waals surface area (Å²) in [5.74, 6) is -1.16. The third kappa shape index (κ3) is 5.85. The van der Waals surface area contributed by atoms with E-state index >= 15 is 0 Å². The van der Waals surface area contributed by atoms with Crippen molar-refractivity contribution in [2.75, 3.05) is 0 Å². The molecule has 0 radical (unpaired) electrons. The first-order chi connectivity index (χ1) is 26.4. The zero-order valence-corrected chi connectivity index (χ0v) is 31.2. The summed E-state index contributed by atoms with van der Waals surface area (Å²) < 4.78 is 0. The minimum absolute atomic E-state index is 0.0899. The van der Waals surface area contributed by atoms with Crippen LogP contribution in [0.2, 0.25) is 0 Å². The smallest absolute Gasteiger partial charge is 0.261 e. The minimum Gasteiger partial charge on any atom is -0.298 e. The van der Waals surface area contributed by atoms with E-state index in [0.29, 0.717) is 38.6 Å². The Hall–Kier alpha value is -5.43. The molecular weight excluding hydrogens is 673 g/mol. The predicted molar refractivity (Wildman–Crippen MR) is 215 cm³/mol. The standard InChI is InChI=1S/C47H46N2O5/c1-3-5-7-9-11-13-31(14-12-10-8-6-4-2)49-46(53)38-25-21-34-32-19-23-36-42-37(45(52)48(44(36)51)27-29-15-17-30(28-50)18-16-29)24-20-33(40(32)42)35-22-26-39(47(49)54)43(38)41(34)35/h15-26,28,31H,3-14,27H2,1-2H3. The lowest BCUT2D eigenvalue weighted by Gasteiger charge is -2.35. The molecule has 8 rings (SSSR count). The van der Waals surface area contributed by atoms with Crippen LogP contribution in [0.5, 0.6) is 0 Å². The molecule has 7 nitrogen and oxygen atoms in total. The second kappa shape index (κ2) is 14.8. The molecule has 2 heterocycles.